The van der Waals surface area contributed by atoms with Crippen LogP contribution in [-0.4, -0.2) is 33.2 Å². The van der Waals surface area contributed by atoms with E-state index in [4.69, 9.17) is 0 Å². The second-order valence-corrected chi connectivity index (χ2v) is 7.83. The van der Waals surface area contributed by atoms with E-state index in [1.54, 1.807) is 6.20 Å². The number of fused-ring (bicyclic) bond motifs is 1. The third-order valence-electron chi connectivity index (χ3n) is 5.63. The SMILES string of the molecule is Cc1c(C(=O)N2CCCCC3CCCCC32)cnn1CC(C)C. The molecule has 1 saturated carbocycles. The Balaban J connectivity index is 1.82. The Morgan fingerprint density at radius 3 is 2.65 bits per heavy atom. The predicted octanol–water partition coefficient (Wildman–Crippen LogP) is 4.03. The van der Waals surface area contributed by atoms with Crippen LogP contribution >= 0.6 is 0 Å². The molecule has 1 aromatic heterocycles. The molecule has 0 aromatic carbocycles. The Morgan fingerprint density at radius 2 is 1.91 bits per heavy atom. The van der Waals surface area contributed by atoms with Gasteiger partial charge in [0.15, 0.2) is 0 Å². The van der Waals surface area contributed by atoms with Gasteiger partial charge >= 0.3 is 0 Å². The normalized spacial score (nSPS) is 25.3. The van der Waals surface area contributed by atoms with E-state index in [-0.39, 0.29) is 5.91 Å². The van der Waals surface area contributed by atoms with Crippen molar-refractivity contribution in [2.24, 2.45) is 11.8 Å². The van der Waals surface area contributed by atoms with Crippen molar-refractivity contribution in [1.82, 2.24) is 14.7 Å². The lowest BCUT2D eigenvalue weighted by atomic mass is 9.81. The van der Waals surface area contributed by atoms with Crippen molar-refractivity contribution >= 4 is 5.91 Å². The zero-order valence-corrected chi connectivity index (χ0v) is 14.9. The van der Waals surface area contributed by atoms with Crippen LogP contribution in [0.2, 0.25) is 0 Å². The van der Waals surface area contributed by atoms with Crippen LogP contribution in [0, 0.1) is 18.8 Å². The highest BCUT2D eigenvalue weighted by Gasteiger charge is 2.35. The molecule has 1 aliphatic carbocycles. The number of hydrogen-bond donors (Lipinski definition) is 0. The quantitative estimate of drug-likeness (QED) is 0.844. The molecular formula is C19H31N3O. The third kappa shape index (κ3) is 3.46. The fourth-order valence-corrected chi connectivity index (χ4v) is 4.38. The number of carbonyl (C=O) groups is 1. The minimum absolute atomic E-state index is 0.219. The summed E-state index contributed by atoms with van der Waals surface area (Å²) in [5, 5.41) is 4.47. The van der Waals surface area contributed by atoms with E-state index in [1.165, 1.54) is 38.5 Å². The Bertz CT molecular complexity index is 549. The van der Waals surface area contributed by atoms with E-state index in [1.807, 2.05) is 11.6 Å². The van der Waals surface area contributed by atoms with Crippen molar-refractivity contribution in [2.45, 2.75) is 78.3 Å². The molecule has 0 bridgehead atoms. The molecular weight excluding hydrogens is 286 g/mol. The van der Waals surface area contributed by atoms with Crippen LogP contribution in [0.4, 0.5) is 0 Å². The van der Waals surface area contributed by atoms with Crippen molar-refractivity contribution in [3.63, 3.8) is 0 Å². The summed E-state index contributed by atoms with van der Waals surface area (Å²) in [6, 6.07) is 0.464. The van der Waals surface area contributed by atoms with Gasteiger partial charge in [0.2, 0.25) is 0 Å². The summed E-state index contributed by atoms with van der Waals surface area (Å²) in [4.78, 5) is 15.4. The summed E-state index contributed by atoms with van der Waals surface area (Å²) in [6.45, 7) is 8.22. The molecule has 1 aliphatic heterocycles. The van der Waals surface area contributed by atoms with Crippen LogP contribution in [0.1, 0.15) is 74.8 Å². The molecule has 2 aliphatic rings. The van der Waals surface area contributed by atoms with Crippen molar-refractivity contribution in [1.29, 1.82) is 0 Å². The number of carbonyl (C=O) groups excluding carboxylic acids is 1. The Morgan fingerprint density at radius 1 is 1.22 bits per heavy atom. The molecule has 4 heteroatoms. The molecule has 4 nitrogen and oxygen atoms in total. The number of rotatable bonds is 3. The molecule has 2 unspecified atom stereocenters. The van der Waals surface area contributed by atoms with Crippen LogP contribution in [0.5, 0.6) is 0 Å². The summed E-state index contributed by atoms with van der Waals surface area (Å²) in [7, 11) is 0. The Kier molecular flexibility index (Phi) is 5.08. The molecule has 1 amide bonds. The fourth-order valence-electron chi connectivity index (χ4n) is 4.38. The van der Waals surface area contributed by atoms with Gasteiger partial charge in [0.1, 0.15) is 0 Å². The summed E-state index contributed by atoms with van der Waals surface area (Å²) < 4.78 is 1.99. The molecule has 1 saturated heterocycles. The van der Waals surface area contributed by atoms with Crippen LogP contribution in [0.3, 0.4) is 0 Å². The number of amides is 1. The van der Waals surface area contributed by atoms with Gasteiger partial charge in [-0.15, -0.1) is 0 Å². The molecule has 0 spiro atoms. The number of hydrogen-bond acceptors (Lipinski definition) is 2. The van der Waals surface area contributed by atoms with Gasteiger partial charge in [-0.1, -0.05) is 33.1 Å². The lowest BCUT2D eigenvalue weighted by Gasteiger charge is -2.38. The first-order valence-electron chi connectivity index (χ1n) is 9.41. The van der Waals surface area contributed by atoms with E-state index >= 15 is 0 Å². The van der Waals surface area contributed by atoms with Gasteiger partial charge in [-0.2, -0.15) is 5.10 Å². The van der Waals surface area contributed by atoms with Gasteiger partial charge in [-0.25, -0.2) is 0 Å². The molecule has 2 heterocycles. The standard InChI is InChI=1S/C19H31N3O/c1-14(2)13-22-15(3)17(12-20-22)19(23)21-11-7-6-9-16-8-4-5-10-18(16)21/h12,14,16,18H,4-11,13H2,1-3H3. The van der Waals surface area contributed by atoms with Crippen LogP contribution in [0.25, 0.3) is 0 Å². The lowest BCUT2D eigenvalue weighted by Crippen LogP contribution is -2.45. The van der Waals surface area contributed by atoms with E-state index in [9.17, 15) is 4.79 Å². The second kappa shape index (κ2) is 7.06. The second-order valence-electron chi connectivity index (χ2n) is 7.83. The number of nitrogens with zero attached hydrogens (tertiary/aromatic N) is 3. The highest BCUT2D eigenvalue weighted by molar-refractivity contribution is 5.95. The van der Waals surface area contributed by atoms with Crippen LogP contribution in [0.15, 0.2) is 6.20 Å². The maximum Gasteiger partial charge on any atom is 0.257 e. The van der Waals surface area contributed by atoms with E-state index in [0.29, 0.717) is 12.0 Å². The maximum atomic E-state index is 13.2. The number of aromatic nitrogens is 2. The van der Waals surface area contributed by atoms with Gasteiger partial charge in [-0.3, -0.25) is 9.48 Å². The Hall–Kier alpha value is -1.32. The molecule has 2 atom stereocenters. The molecule has 23 heavy (non-hydrogen) atoms. The summed E-state index contributed by atoms with van der Waals surface area (Å²) in [6.07, 6.45) is 10.6. The van der Waals surface area contributed by atoms with E-state index in [0.717, 1.165) is 36.7 Å². The minimum atomic E-state index is 0.219. The van der Waals surface area contributed by atoms with Gasteiger partial charge in [0.05, 0.1) is 11.8 Å². The first kappa shape index (κ1) is 16.5. The van der Waals surface area contributed by atoms with Gasteiger partial charge < -0.3 is 4.90 Å². The topological polar surface area (TPSA) is 38.1 Å². The van der Waals surface area contributed by atoms with Crippen molar-refractivity contribution in [3.05, 3.63) is 17.5 Å². The molecule has 128 valence electrons. The summed E-state index contributed by atoms with van der Waals surface area (Å²) >= 11 is 0. The smallest absolute Gasteiger partial charge is 0.257 e. The van der Waals surface area contributed by atoms with Crippen molar-refractivity contribution in [2.75, 3.05) is 6.54 Å². The predicted molar refractivity (Wildman–Crippen MR) is 92.4 cm³/mol. The van der Waals surface area contributed by atoms with Gasteiger partial charge in [0.25, 0.3) is 5.91 Å². The lowest BCUT2D eigenvalue weighted by molar-refractivity contribution is 0.0568. The summed E-state index contributed by atoms with van der Waals surface area (Å²) in [5.41, 5.74) is 1.84. The molecule has 0 radical (unpaired) electrons. The molecule has 1 aromatic rings. The van der Waals surface area contributed by atoms with Gasteiger partial charge in [-0.05, 0) is 44.4 Å². The zero-order chi connectivity index (χ0) is 16.4. The van der Waals surface area contributed by atoms with Gasteiger partial charge in [0, 0.05) is 24.8 Å². The Labute approximate surface area is 140 Å². The first-order valence-corrected chi connectivity index (χ1v) is 9.41. The van der Waals surface area contributed by atoms with E-state index in [2.05, 4.69) is 23.8 Å². The first-order chi connectivity index (χ1) is 11.1. The highest BCUT2D eigenvalue weighted by atomic mass is 16.2. The van der Waals surface area contributed by atoms with E-state index < -0.39 is 0 Å². The summed E-state index contributed by atoms with van der Waals surface area (Å²) in [5.74, 6) is 1.48. The monoisotopic (exact) mass is 317 g/mol. The minimum Gasteiger partial charge on any atom is -0.335 e. The van der Waals surface area contributed by atoms with Crippen LogP contribution in [-0.2, 0) is 6.54 Å². The average Bonchev–Trinajstić information content (AvgIpc) is 2.76. The fraction of sp³-hybridized carbons (Fsp3) is 0.789. The highest BCUT2D eigenvalue weighted by Crippen LogP contribution is 2.35. The molecule has 2 fully saturated rings. The molecule has 3 rings (SSSR count). The van der Waals surface area contributed by atoms with Crippen LogP contribution < -0.4 is 0 Å². The third-order valence-corrected chi connectivity index (χ3v) is 5.63. The van der Waals surface area contributed by atoms with Crippen molar-refractivity contribution < 1.29 is 4.79 Å². The largest absolute Gasteiger partial charge is 0.335 e. The zero-order valence-electron chi connectivity index (χ0n) is 14.9. The number of likely N-dealkylation sites (tertiary alicyclic amines) is 1. The van der Waals surface area contributed by atoms with Crippen molar-refractivity contribution in [3.8, 4) is 0 Å². The average molecular weight is 317 g/mol. The molecule has 0 N–H and O–H groups in total. The maximum absolute atomic E-state index is 13.2.